The van der Waals surface area contributed by atoms with E-state index in [0.29, 0.717) is 33.2 Å². The zero-order valence-electron chi connectivity index (χ0n) is 12.9. The summed E-state index contributed by atoms with van der Waals surface area (Å²) in [5.41, 5.74) is 2.18. The number of benzene rings is 1. The maximum Gasteiger partial charge on any atom is 0.339 e. The third kappa shape index (κ3) is 3.31. The normalized spacial score (nSPS) is 10.8. The highest BCUT2D eigenvalue weighted by Crippen LogP contribution is 2.34. The first kappa shape index (κ1) is 17.0. The average molecular weight is 382 g/mol. The van der Waals surface area contributed by atoms with Crippen molar-refractivity contribution in [1.29, 1.82) is 0 Å². The van der Waals surface area contributed by atoms with Crippen molar-refractivity contribution in [3.8, 4) is 0 Å². The summed E-state index contributed by atoms with van der Waals surface area (Å²) in [6.45, 7) is 3.98. The van der Waals surface area contributed by atoms with E-state index in [1.165, 1.54) is 11.3 Å². The van der Waals surface area contributed by atoms with Crippen LogP contribution >= 0.6 is 34.5 Å². The van der Waals surface area contributed by atoms with Crippen molar-refractivity contribution in [2.24, 2.45) is 0 Å². The largest absolute Gasteiger partial charge is 0.462 e. The summed E-state index contributed by atoms with van der Waals surface area (Å²) in [5.74, 6) is 0.0466. The molecule has 1 N–H and O–H groups in total. The fourth-order valence-electron chi connectivity index (χ4n) is 2.26. The molecule has 24 heavy (non-hydrogen) atoms. The van der Waals surface area contributed by atoms with Gasteiger partial charge in [0.2, 0.25) is 5.28 Å². The molecule has 2 aromatic heterocycles. The minimum atomic E-state index is -0.412. The number of hydrogen-bond acceptors (Lipinski definition) is 6. The van der Waals surface area contributed by atoms with Crippen molar-refractivity contribution in [1.82, 2.24) is 9.97 Å². The molecule has 0 spiro atoms. The summed E-state index contributed by atoms with van der Waals surface area (Å²) in [7, 11) is 0. The number of thiophene rings is 1. The molecule has 0 radical (unpaired) electrons. The van der Waals surface area contributed by atoms with E-state index < -0.39 is 5.97 Å². The summed E-state index contributed by atoms with van der Waals surface area (Å²) < 4.78 is 5.10. The molecule has 0 bridgehead atoms. The summed E-state index contributed by atoms with van der Waals surface area (Å²) in [6.07, 6.45) is 0. The SMILES string of the molecule is CCOC(=O)c1csc2nc(Cl)nc(Nc3ccc(Cl)cc3C)c12. The molecule has 0 unspecified atom stereocenters. The van der Waals surface area contributed by atoms with Gasteiger partial charge in [0.05, 0.1) is 17.6 Å². The smallest absolute Gasteiger partial charge is 0.339 e. The zero-order chi connectivity index (χ0) is 17.3. The van der Waals surface area contributed by atoms with Crippen molar-refractivity contribution >= 4 is 62.2 Å². The second kappa shape index (κ2) is 6.93. The Bertz CT molecular complexity index is 927. The summed E-state index contributed by atoms with van der Waals surface area (Å²) in [4.78, 5) is 21.2. The molecule has 0 saturated heterocycles. The first-order valence-corrected chi connectivity index (χ1v) is 8.78. The fourth-order valence-corrected chi connectivity index (χ4v) is 3.61. The molecule has 8 heteroatoms. The molecule has 0 saturated carbocycles. The van der Waals surface area contributed by atoms with Gasteiger partial charge in [-0.1, -0.05) is 11.6 Å². The van der Waals surface area contributed by atoms with Crippen LogP contribution in [0.1, 0.15) is 22.8 Å². The molecular formula is C16H13Cl2N3O2S. The van der Waals surface area contributed by atoms with Gasteiger partial charge in [0.1, 0.15) is 10.6 Å². The van der Waals surface area contributed by atoms with Gasteiger partial charge in [-0.3, -0.25) is 0 Å². The predicted molar refractivity (Wildman–Crippen MR) is 97.9 cm³/mol. The lowest BCUT2D eigenvalue weighted by Gasteiger charge is -2.11. The lowest BCUT2D eigenvalue weighted by atomic mass is 10.2. The molecule has 3 rings (SSSR count). The zero-order valence-corrected chi connectivity index (χ0v) is 15.2. The number of aromatic nitrogens is 2. The molecule has 0 fully saturated rings. The van der Waals surface area contributed by atoms with Gasteiger partial charge in [0, 0.05) is 16.1 Å². The number of nitrogens with zero attached hydrogens (tertiary/aromatic N) is 2. The molecule has 0 amide bonds. The van der Waals surface area contributed by atoms with Crippen LogP contribution in [0.4, 0.5) is 11.5 Å². The van der Waals surface area contributed by atoms with Gasteiger partial charge in [-0.05, 0) is 49.2 Å². The molecule has 0 aliphatic rings. The van der Waals surface area contributed by atoms with Crippen LogP contribution in [-0.4, -0.2) is 22.5 Å². The highest BCUT2D eigenvalue weighted by Gasteiger charge is 2.20. The van der Waals surface area contributed by atoms with Crippen LogP contribution in [0.15, 0.2) is 23.6 Å². The molecular weight excluding hydrogens is 369 g/mol. The number of carbonyl (C=O) groups excluding carboxylic acids is 1. The van der Waals surface area contributed by atoms with E-state index in [2.05, 4.69) is 15.3 Å². The van der Waals surface area contributed by atoms with Crippen molar-refractivity contribution < 1.29 is 9.53 Å². The molecule has 5 nitrogen and oxygen atoms in total. The Kier molecular flexibility index (Phi) is 4.89. The number of ether oxygens (including phenoxy) is 1. The number of nitrogens with one attached hydrogen (secondary N) is 1. The monoisotopic (exact) mass is 381 g/mol. The number of halogens is 2. The standard InChI is InChI=1S/C16H13Cl2N3O2S/c1-3-23-15(22)10-7-24-14-12(10)13(20-16(18)21-14)19-11-5-4-9(17)6-8(11)2/h4-7H,3H2,1-2H3,(H,19,20,21). The van der Waals surface area contributed by atoms with E-state index in [1.54, 1.807) is 18.4 Å². The van der Waals surface area contributed by atoms with E-state index in [1.807, 2.05) is 19.1 Å². The van der Waals surface area contributed by atoms with E-state index >= 15 is 0 Å². The van der Waals surface area contributed by atoms with Crippen LogP contribution in [0.25, 0.3) is 10.2 Å². The van der Waals surface area contributed by atoms with Gasteiger partial charge < -0.3 is 10.1 Å². The van der Waals surface area contributed by atoms with E-state index in [9.17, 15) is 4.79 Å². The van der Waals surface area contributed by atoms with E-state index in [-0.39, 0.29) is 5.28 Å². The van der Waals surface area contributed by atoms with E-state index in [0.717, 1.165) is 11.3 Å². The predicted octanol–water partition coefficient (Wildman–Crippen LogP) is 5.23. The number of carbonyl (C=O) groups is 1. The van der Waals surface area contributed by atoms with Crippen LogP contribution in [0.5, 0.6) is 0 Å². The lowest BCUT2D eigenvalue weighted by Crippen LogP contribution is -2.05. The Morgan fingerprint density at radius 1 is 1.33 bits per heavy atom. The molecule has 3 aromatic rings. The Morgan fingerprint density at radius 2 is 2.12 bits per heavy atom. The maximum atomic E-state index is 12.2. The number of esters is 1. The topological polar surface area (TPSA) is 64.1 Å². The van der Waals surface area contributed by atoms with Gasteiger partial charge in [0.25, 0.3) is 0 Å². The maximum absolute atomic E-state index is 12.2. The molecule has 1 aromatic carbocycles. The first-order valence-electron chi connectivity index (χ1n) is 7.14. The number of aryl methyl sites for hydroxylation is 1. The number of fused-ring (bicyclic) bond motifs is 1. The van der Waals surface area contributed by atoms with Crippen LogP contribution < -0.4 is 5.32 Å². The van der Waals surface area contributed by atoms with Crippen LogP contribution in [0, 0.1) is 6.92 Å². The molecule has 0 aliphatic heterocycles. The van der Waals surface area contributed by atoms with Crippen molar-refractivity contribution in [3.05, 3.63) is 45.0 Å². The van der Waals surface area contributed by atoms with Gasteiger partial charge in [-0.2, -0.15) is 4.98 Å². The Hall–Kier alpha value is -1.89. The molecule has 0 aliphatic carbocycles. The first-order chi connectivity index (χ1) is 11.5. The van der Waals surface area contributed by atoms with Crippen LogP contribution in [0.3, 0.4) is 0 Å². The second-order valence-corrected chi connectivity index (χ2v) is 6.61. The molecule has 0 atom stereocenters. The van der Waals surface area contributed by atoms with Crippen LogP contribution in [-0.2, 0) is 4.74 Å². The number of rotatable bonds is 4. The minimum absolute atomic E-state index is 0.105. The summed E-state index contributed by atoms with van der Waals surface area (Å²) in [5, 5.41) is 6.26. The fraction of sp³-hybridized carbons (Fsp3) is 0.188. The molecule has 124 valence electrons. The summed E-state index contributed by atoms with van der Waals surface area (Å²) >= 11 is 13.3. The van der Waals surface area contributed by atoms with Gasteiger partial charge in [-0.25, -0.2) is 9.78 Å². The third-order valence-corrected chi connectivity index (χ3v) is 4.62. The van der Waals surface area contributed by atoms with Crippen LogP contribution in [0.2, 0.25) is 10.3 Å². The number of anilines is 2. The Balaban J connectivity index is 2.12. The van der Waals surface area contributed by atoms with E-state index in [4.69, 9.17) is 27.9 Å². The third-order valence-electron chi connectivity index (χ3n) is 3.34. The average Bonchev–Trinajstić information content (AvgIpc) is 2.94. The second-order valence-electron chi connectivity index (χ2n) is 4.98. The Labute approximate surface area is 152 Å². The lowest BCUT2D eigenvalue weighted by molar-refractivity contribution is 0.0529. The summed E-state index contributed by atoms with van der Waals surface area (Å²) in [6, 6.07) is 5.45. The highest BCUT2D eigenvalue weighted by atomic mass is 35.5. The van der Waals surface area contributed by atoms with Crippen molar-refractivity contribution in [2.45, 2.75) is 13.8 Å². The quantitative estimate of drug-likeness (QED) is 0.495. The van der Waals surface area contributed by atoms with Gasteiger partial charge in [0.15, 0.2) is 0 Å². The van der Waals surface area contributed by atoms with Gasteiger partial charge in [-0.15, -0.1) is 11.3 Å². The van der Waals surface area contributed by atoms with Crippen molar-refractivity contribution in [2.75, 3.05) is 11.9 Å². The number of hydrogen-bond donors (Lipinski definition) is 1. The molecule has 2 heterocycles. The highest BCUT2D eigenvalue weighted by molar-refractivity contribution is 7.17. The van der Waals surface area contributed by atoms with Gasteiger partial charge >= 0.3 is 5.97 Å². The minimum Gasteiger partial charge on any atom is -0.462 e. The van der Waals surface area contributed by atoms with Crippen molar-refractivity contribution in [3.63, 3.8) is 0 Å². The Morgan fingerprint density at radius 3 is 2.83 bits per heavy atom.